The van der Waals surface area contributed by atoms with Crippen LogP contribution in [0.3, 0.4) is 0 Å². The maximum atomic E-state index is 3.19. The van der Waals surface area contributed by atoms with Crippen molar-refractivity contribution in [2.24, 2.45) is 0 Å². The number of rotatable bonds is 0. The molecule has 0 fully saturated rings. The molecule has 0 aliphatic carbocycles. The molecule has 24 valence electrons. The molecule has 0 nitrogen and oxygen atoms in total. The fraction of sp³-hybridized carbons (Fsp3) is 0.500. The van der Waals surface area contributed by atoms with Crippen LogP contribution in [0, 0.1) is 0 Å². The molecule has 0 spiro atoms. The Labute approximate surface area is 31.0 Å². The molecule has 0 aromatic carbocycles. The number of hydrogen-bond donors (Lipinski definition) is 0. The summed E-state index contributed by atoms with van der Waals surface area (Å²) >= 11 is 0. The van der Waals surface area contributed by atoms with Crippen LogP contribution >= 0.6 is 18.1 Å². The van der Waals surface area contributed by atoms with Gasteiger partial charge in [0.1, 0.15) is 0 Å². The Kier molecular flexibility index (Phi) is 2.16. The molecule has 0 aliphatic rings. The second-order valence-electron chi connectivity index (χ2n) is 0.683. The lowest BCUT2D eigenvalue weighted by Gasteiger charge is -1.64. The first-order valence-electron chi connectivity index (χ1n) is 1.04. The van der Waals surface area contributed by atoms with Gasteiger partial charge in [0, 0.05) is 0 Å². The summed E-state index contributed by atoms with van der Waals surface area (Å²) in [7, 11) is 5.68. The van der Waals surface area contributed by atoms with E-state index in [1.165, 1.54) is 0 Å². The van der Waals surface area contributed by atoms with Crippen LogP contribution in [0.5, 0.6) is 0 Å². The summed E-state index contributed by atoms with van der Waals surface area (Å²) in [6.07, 6.45) is 0. The second kappa shape index (κ2) is 1.88. The molecule has 0 aliphatic heterocycles. The molecule has 0 saturated heterocycles. The highest BCUT2D eigenvalue weighted by molar-refractivity contribution is 7.56. The van der Waals surface area contributed by atoms with Gasteiger partial charge in [0.2, 0.25) is 0 Å². The molecule has 0 rings (SSSR count). The monoisotopic (exact) mass is 92.0 g/mol. The highest BCUT2D eigenvalue weighted by Gasteiger charge is 1.52. The van der Waals surface area contributed by atoms with Crippen molar-refractivity contribution in [1.29, 1.82) is 0 Å². The number of hydrogen-bond acceptors (Lipinski definition) is 0. The lowest BCUT2D eigenvalue weighted by Crippen LogP contribution is -1.51. The van der Waals surface area contributed by atoms with E-state index in [4.69, 9.17) is 0 Å². The predicted octanol–water partition coefficient (Wildman–Crippen LogP) is 1.15. The first kappa shape index (κ1) is 4.60. The zero-order valence-corrected chi connectivity index (χ0v) is 4.73. The summed E-state index contributed by atoms with van der Waals surface area (Å²) < 4.78 is 0. The van der Waals surface area contributed by atoms with E-state index in [1.54, 1.807) is 0 Å². The van der Waals surface area contributed by atoms with Gasteiger partial charge in [-0.3, -0.25) is 0 Å². The van der Waals surface area contributed by atoms with E-state index in [9.17, 15) is 0 Å². The third kappa shape index (κ3) is 18.5. The minimum absolute atomic E-state index is 1.14. The third-order valence-corrected chi connectivity index (χ3v) is 0. The highest BCUT2D eigenvalue weighted by atomic mass is 31.1. The molecule has 0 saturated carbocycles. The Morgan fingerprint density at radius 1 is 2.00 bits per heavy atom. The Bertz CT molecular complexity index is 27.0. The van der Waals surface area contributed by atoms with Gasteiger partial charge in [-0.15, -0.1) is 18.1 Å². The van der Waals surface area contributed by atoms with Crippen LogP contribution in [0.2, 0.25) is 0 Å². The van der Waals surface area contributed by atoms with E-state index in [-0.39, 0.29) is 0 Å². The average Bonchev–Trinajstić information content (AvgIpc) is 0.811. The first-order valence-corrected chi connectivity index (χ1v) is 2.12. The molecule has 0 aromatic heterocycles. The maximum Gasteiger partial charge on any atom is -0.0356 e. The van der Waals surface area contributed by atoms with Crippen LogP contribution in [0.15, 0.2) is 0 Å². The topological polar surface area (TPSA) is 0 Å². The van der Waals surface area contributed by atoms with Crippen molar-refractivity contribution in [3.8, 4) is 0 Å². The molecule has 2 heteroatoms. The molecule has 0 aromatic rings. The molecule has 1 atom stereocenters. The lowest BCUT2D eigenvalue weighted by atomic mass is 11.0. The minimum atomic E-state index is 1.14. The normalized spacial score (nSPS) is 6.50. The molecule has 0 radical (unpaired) electrons. The van der Waals surface area contributed by atoms with E-state index < -0.39 is 0 Å². The van der Waals surface area contributed by atoms with E-state index in [0.29, 0.717) is 0 Å². The van der Waals surface area contributed by atoms with Crippen molar-refractivity contribution in [3.63, 3.8) is 0 Å². The van der Waals surface area contributed by atoms with Crippen molar-refractivity contribution >= 4 is 23.1 Å². The predicted molar refractivity (Wildman–Crippen MR) is 28.7 cm³/mol. The van der Waals surface area contributed by atoms with Crippen molar-refractivity contribution in [2.75, 3.05) is 0 Å². The van der Waals surface area contributed by atoms with Gasteiger partial charge in [-0.05, 0) is 12.0 Å². The molecule has 1 unspecified atom stereocenters. The van der Waals surface area contributed by atoms with Gasteiger partial charge in [-0.25, -0.2) is 0 Å². The molecule has 0 heterocycles. The molecule has 0 bridgehead atoms. The molecule has 4 heavy (non-hydrogen) atoms. The second-order valence-corrected chi connectivity index (χ2v) is 2.92. The standard InChI is InChI=1S/C2H6P2/c1-2(3)4/h3H,4H2,1H3. The van der Waals surface area contributed by atoms with Gasteiger partial charge in [0.15, 0.2) is 0 Å². The van der Waals surface area contributed by atoms with Gasteiger partial charge in [0.05, 0.1) is 0 Å². The Morgan fingerprint density at radius 3 is 2.00 bits per heavy atom. The Morgan fingerprint density at radius 2 is 2.00 bits per heavy atom. The van der Waals surface area contributed by atoms with Crippen LogP contribution < -0.4 is 0 Å². The first-order chi connectivity index (χ1) is 1.73. The maximum absolute atomic E-state index is 3.19. The van der Waals surface area contributed by atoms with Crippen LogP contribution in [0.1, 0.15) is 6.92 Å². The average molecular weight is 92.0 g/mol. The van der Waals surface area contributed by atoms with Crippen LogP contribution in [0.4, 0.5) is 0 Å². The van der Waals surface area contributed by atoms with Gasteiger partial charge in [0.25, 0.3) is 0 Å². The van der Waals surface area contributed by atoms with Crippen molar-refractivity contribution in [1.82, 2.24) is 0 Å². The largest absolute Gasteiger partial charge is 0.119 e. The summed E-state index contributed by atoms with van der Waals surface area (Å²) in [6, 6.07) is 0. The Hall–Kier alpha value is 0.600. The van der Waals surface area contributed by atoms with E-state index in [0.717, 1.165) is 5.03 Å². The molecular formula is C2H6P2. The van der Waals surface area contributed by atoms with Crippen LogP contribution in [-0.4, -0.2) is 5.03 Å². The molecular weight excluding hydrogens is 86.0 g/mol. The SMILES string of the molecule is CC(=P)P. The van der Waals surface area contributed by atoms with Crippen molar-refractivity contribution in [2.45, 2.75) is 6.92 Å². The fourth-order valence-electron chi connectivity index (χ4n) is 0. The quantitative estimate of drug-likeness (QED) is 0.393. The van der Waals surface area contributed by atoms with Crippen molar-refractivity contribution in [3.05, 3.63) is 0 Å². The van der Waals surface area contributed by atoms with Gasteiger partial charge in [-0.2, -0.15) is 0 Å². The summed E-state index contributed by atoms with van der Waals surface area (Å²) in [5.74, 6) is 0. The minimum Gasteiger partial charge on any atom is -0.119 e. The third-order valence-electron chi connectivity index (χ3n) is 0. The van der Waals surface area contributed by atoms with Crippen molar-refractivity contribution < 1.29 is 0 Å². The molecule has 0 N–H and O–H groups in total. The lowest BCUT2D eigenvalue weighted by molar-refractivity contribution is 2.12. The van der Waals surface area contributed by atoms with E-state index >= 15 is 0 Å². The summed E-state index contributed by atoms with van der Waals surface area (Å²) in [6.45, 7) is 1.96. The van der Waals surface area contributed by atoms with E-state index in [2.05, 4.69) is 18.1 Å². The Balaban J connectivity index is 2.80. The summed E-state index contributed by atoms with van der Waals surface area (Å²) in [4.78, 5) is 0. The zero-order chi connectivity index (χ0) is 3.58. The van der Waals surface area contributed by atoms with Gasteiger partial charge in [-0.1, -0.05) is 0 Å². The molecule has 0 amide bonds. The summed E-state index contributed by atoms with van der Waals surface area (Å²) in [5.41, 5.74) is 0. The van der Waals surface area contributed by atoms with E-state index in [1.807, 2.05) is 6.92 Å². The zero-order valence-electron chi connectivity index (χ0n) is 2.58. The highest BCUT2D eigenvalue weighted by Crippen LogP contribution is 1.84. The van der Waals surface area contributed by atoms with Crippen LogP contribution in [0.25, 0.3) is 0 Å². The smallest absolute Gasteiger partial charge is 0.0356 e. The van der Waals surface area contributed by atoms with Crippen LogP contribution in [-0.2, 0) is 0 Å². The van der Waals surface area contributed by atoms with Gasteiger partial charge < -0.3 is 0 Å². The fourth-order valence-corrected chi connectivity index (χ4v) is 0. The summed E-state index contributed by atoms with van der Waals surface area (Å²) in [5, 5.41) is 1.14. The van der Waals surface area contributed by atoms with Gasteiger partial charge >= 0.3 is 0 Å².